The minimum Gasteiger partial charge on any atom is -0.396 e. The quantitative estimate of drug-likeness (QED) is 0.512. The second-order valence-corrected chi connectivity index (χ2v) is 3.06. The van der Waals surface area contributed by atoms with E-state index in [0.717, 1.165) is 19.5 Å². The summed E-state index contributed by atoms with van der Waals surface area (Å²) in [4.78, 5) is 0. The molecule has 0 aromatic carbocycles. The molecule has 2 nitrogen and oxygen atoms in total. The predicted molar refractivity (Wildman–Crippen MR) is 36.5 cm³/mol. The van der Waals surface area contributed by atoms with Crippen LogP contribution in [-0.4, -0.2) is 29.5 Å². The Bertz CT molecular complexity index is 78.8. The van der Waals surface area contributed by atoms with Gasteiger partial charge in [-0.3, -0.25) is 4.67 Å². The molecule has 0 aromatic rings. The van der Waals surface area contributed by atoms with Crippen molar-refractivity contribution in [3.05, 3.63) is 0 Å². The average molecular weight is 133 g/mol. The molecular formula is C5H12NOP. The van der Waals surface area contributed by atoms with Gasteiger partial charge in [0.25, 0.3) is 0 Å². The molecule has 3 heteroatoms. The largest absolute Gasteiger partial charge is 0.396 e. The van der Waals surface area contributed by atoms with Crippen molar-refractivity contribution in [1.29, 1.82) is 0 Å². The molecule has 1 aliphatic rings. The number of aliphatic hydroxyl groups excluding tert-OH is 1. The molecule has 0 radical (unpaired) electrons. The first-order valence-corrected chi connectivity index (χ1v) is 3.45. The van der Waals surface area contributed by atoms with Crippen LogP contribution in [0.3, 0.4) is 0 Å². The van der Waals surface area contributed by atoms with Gasteiger partial charge in [0.1, 0.15) is 0 Å². The van der Waals surface area contributed by atoms with Crippen LogP contribution < -0.4 is 0 Å². The van der Waals surface area contributed by atoms with E-state index in [4.69, 9.17) is 5.11 Å². The van der Waals surface area contributed by atoms with E-state index in [2.05, 4.69) is 14.1 Å². The standard InChI is InChI=1S/C5H12NOP/c7-4-5-1-2-6(8)3-5/h5,7H,1-4,8H2/t5-/m0/s1. The van der Waals surface area contributed by atoms with Crippen molar-refractivity contribution in [2.75, 3.05) is 19.7 Å². The summed E-state index contributed by atoms with van der Waals surface area (Å²) in [6, 6.07) is 0. The number of hydrogen-bond acceptors (Lipinski definition) is 2. The molecule has 8 heavy (non-hydrogen) atoms. The van der Waals surface area contributed by atoms with Crippen molar-refractivity contribution in [3.8, 4) is 0 Å². The van der Waals surface area contributed by atoms with Crippen LogP contribution in [0.4, 0.5) is 0 Å². The van der Waals surface area contributed by atoms with Crippen molar-refractivity contribution in [2.45, 2.75) is 6.42 Å². The fraction of sp³-hybridized carbons (Fsp3) is 1.00. The average Bonchev–Trinajstić information content (AvgIpc) is 2.14. The summed E-state index contributed by atoms with van der Waals surface area (Å²) in [6.45, 7) is 2.52. The predicted octanol–water partition coefficient (Wildman–Crippen LogP) is 0.0907. The van der Waals surface area contributed by atoms with Gasteiger partial charge in [-0.1, -0.05) is 9.39 Å². The van der Waals surface area contributed by atoms with Gasteiger partial charge in [-0.05, 0) is 12.3 Å². The fourth-order valence-corrected chi connectivity index (χ4v) is 1.46. The molecule has 48 valence electrons. The molecule has 1 saturated heterocycles. The van der Waals surface area contributed by atoms with E-state index in [-0.39, 0.29) is 0 Å². The summed E-state index contributed by atoms with van der Waals surface area (Å²) in [7, 11) is 2.65. The molecule has 2 atom stereocenters. The Morgan fingerprint density at radius 2 is 2.50 bits per heavy atom. The van der Waals surface area contributed by atoms with Crippen LogP contribution in [0, 0.1) is 5.92 Å². The highest BCUT2D eigenvalue weighted by molar-refractivity contribution is 7.13. The summed E-state index contributed by atoms with van der Waals surface area (Å²) in [6.07, 6.45) is 1.15. The molecule has 0 aliphatic carbocycles. The van der Waals surface area contributed by atoms with Crippen LogP contribution >= 0.6 is 9.39 Å². The van der Waals surface area contributed by atoms with Gasteiger partial charge in [0.15, 0.2) is 0 Å². The smallest absolute Gasteiger partial charge is 0.0472 e. The van der Waals surface area contributed by atoms with E-state index in [9.17, 15) is 0 Å². The van der Waals surface area contributed by atoms with Gasteiger partial charge in [0.05, 0.1) is 0 Å². The zero-order chi connectivity index (χ0) is 5.98. The number of nitrogens with zero attached hydrogens (tertiary/aromatic N) is 1. The molecule has 0 spiro atoms. The lowest BCUT2D eigenvalue weighted by molar-refractivity contribution is 0.234. The Balaban J connectivity index is 2.22. The zero-order valence-electron chi connectivity index (χ0n) is 4.88. The van der Waals surface area contributed by atoms with Crippen LogP contribution in [0.1, 0.15) is 6.42 Å². The lowest BCUT2D eigenvalue weighted by Crippen LogP contribution is -2.09. The summed E-state index contributed by atoms with van der Waals surface area (Å²) >= 11 is 0. The third-order valence-electron chi connectivity index (χ3n) is 1.58. The molecule has 1 fully saturated rings. The highest BCUT2D eigenvalue weighted by atomic mass is 31.0. The van der Waals surface area contributed by atoms with E-state index >= 15 is 0 Å². The highest BCUT2D eigenvalue weighted by Crippen LogP contribution is 2.17. The highest BCUT2D eigenvalue weighted by Gasteiger charge is 2.17. The normalized spacial score (nSPS) is 31.5. The number of rotatable bonds is 1. The Morgan fingerprint density at radius 3 is 2.75 bits per heavy atom. The van der Waals surface area contributed by atoms with E-state index in [1.807, 2.05) is 0 Å². The number of aliphatic hydroxyl groups is 1. The maximum Gasteiger partial charge on any atom is 0.0472 e. The molecule has 1 aliphatic heterocycles. The monoisotopic (exact) mass is 133 g/mol. The molecule has 1 N–H and O–H groups in total. The van der Waals surface area contributed by atoms with Crippen LogP contribution in [0.2, 0.25) is 0 Å². The second-order valence-electron chi connectivity index (χ2n) is 2.33. The SMILES string of the molecule is OC[C@H]1CCN(P)C1. The summed E-state index contributed by atoms with van der Waals surface area (Å²) in [5.41, 5.74) is 0. The van der Waals surface area contributed by atoms with Crippen molar-refractivity contribution >= 4 is 9.39 Å². The Hall–Kier alpha value is 0.350. The van der Waals surface area contributed by atoms with Crippen LogP contribution in [0.5, 0.6) is 0 Å². The first-order chi connectivity index (χ1) is 3.83. The van der Waals surface area contributed by atoms with Crippen LogP contribution in [0.15, 0.2) is 0 Å². The number of hydrogen-bond donors (Lipinski definition) is 1. The van der Waals surface area contributed by atoms with Crippen molar-refractivity contribution in [1.82, 2.24) is 4.67 Å². The van der Waals surface area contributed by atoms with Crippen molar-refractivity contribution < 1.29 is 5.11 Å². The summed E-state index contributed by atoms with van der Waals surface area (Å²) in [5, 5.41) is 8.65. The van der Waals surface area contributed by atoms with Gasteiger partial charge in [-0.15, -0.1) is 0 Å². The van der Waals surface area contributed by atoms with E-state index in [1.54, 1.807) is 0 Å². The minimum atomic E-state index is 0.352. The molecule has 0 bridgehead atoms. The molecule has 1 heterocycles. The lowest BCUT2D eigenvalue weighted by atomic mass is 10.1. The topological polar surface area (TPSA) is 23.5 Å². The van der Waals surface area contributed by atoms with E-state index < -0.39 is 0 Å². The Labute approximate surface area is 52.1 Å². The molecular weight excluding hydrogens is 121 g/mol. The van der Waals surface area contributed by atoms with Crippen LogP contribution in [0.25, 0.3) is 0 Å². The van der Waals surface area contributed by atoms with Crippen molar-refractivity contribution in [3.63, 3.8) is 0 Å². The third kappa shape index (κ3) is 1.41. The minimum absolute atomic E-state index is 0.352. The summed E-state index contributed by atoms with van der Waals surface area (Å²) in [5.74, 6) is 0.535. The summed E-state index contributed by atoms with van der Waals surface area (Å²) < 4.78 is 2.17. The molecule has 0 amide bonds. The first-order valence-electron chi connectivity index (χ1n) is 2.93. The fourth-order valence-electron chi connectivity index (χ4n) is 1.01. The molecule has 1 rings (SSSR count). The Kier molecular flexibility index (Phi) is 2.24. The maximum atomic E-state index is 8.65. The van der Waals surface area contributed by atoms with Gasteiger partial charge in [-0.25, -0.2) is 0 Å². The first kappa shape index (κ1) is 6.47. The Morgan fingerprint density at radius 1 is 1.75 bits per heavy atom. The molecule has 1 unspecified atom stereocenters. The van der Waals surface area contributed by atoms with E-state index in [1.165, 1.54) is 0 Å². The lowest BCUT2D eigenvalue weighted by Gasteiger charge is -2.05. The van der Waals surface area contributed by atoms with Crippen LogP contribution in [-0.2, 0) is 0 Å². The van der Waals surface area contributed by atoms with Gasteiger partial charge >= 0.3 is 0 Å². The van der Waals surface area contributed by atoms with Gasteiger partial charge in [-0.2, -0.15) is 0 Å². The van der Waals surface area contributed by atoms with Gasteiger partial charge in [0, 0.05) is 19.7 Å². The second kappa shape index (κ2) is 2.77. The van der Waals surface area contributed by atoms with Gasteiger partial charge < -0.3 is 5.11 Å². The third-order valence-corrected chi connectivity index (χ3v) is 2.04. The molecule has 0 saturated carbocycles. The molecule has 0 aromatic heterocycles. The van der Waals surface area contributed by atoms with E-state index in [0.29, 0.717) is 12.5 Å². The zero-order valence-corrected chi connectivity index (χ0v) is 6.03. The van der Waals surface area contributed by atoms with Gasteiger partial charge in [0.2, 0.25) is 0 Å². The van der Waals surface area contributed by atoms with Crippen molar-refractivity contribution in [2.24, 2.45) is 5.92 Å². The maximum absolute atomic E-state index is 8.65.